The van der Waals surface area contributed by atoms with E-state index in [0.717, 1.165) is 19.4 Å². The molecule has 2 fully saturated rings. The van der Waals surface area contributed by atoms with Crippen LogP contribution in [0.1, 0.15) is 26.2 Å². The number of ether oxygens (including phenoxy) is 2. The quantitative estimate of drug-likeness (QED) is 0.698. The van der Waals surface area contributed by atoms with Crippen LogP contribution in [0.3, 0.4) is 0 Å². The van der Waals surface area contributed by atoms with Gasteiger partial charge in [0.25, 0.3) is 0 Å². The summed E-state index contributed by atoms with van der Waals surface area (Å²) >= 11 is 0. The van der Waals surface area contributed by atoms with E-state index in [2.05, 4.69) is 5.32 Å². The van der Waals surface area contributed by atoms with Crippen LogP contribution in [0.15, 0.2) is 0 Å². The molecule has 0 bridgehead atoms. The van der Waals surface area contributed by atoms with E-state index in [1.54, 1.807) is 0 Å². The molecule has 0 spiro atoms. The Bertz CT molecular complexity index is 266. The largest absolute Gasteiger partial charge is 0.377 e. The molecule has 1 amide bonds. The maximum atomic E-state index is 11.6. The first-order valence-corrected chi connectivity index (χ1v) is 5.93. The van der Waals surface area contributed by atoms with E-state index in [4.69, 9.17) is 15.2 Å². The summed E-state index contributed by atoms with van der Waals surface area (Å²) in [5, 5.41) is 3.26. The molecule has 0 aliphatic carbocycles. The normalized spacial score (nSPS) is 39.1. The number of nitrogens with two attached hydrogens (primary N) is 1. The van der Waals surface area contributed by atoms with Crippen LogP contribution in [0.25, 0.3) is 0 Å². The van der Waals surface area contributed by atoms with Gasteiger partial charge in [0.1, 0.15) is 5.54 Å². The molecule has 0 aromatic heterocycles. The standard InChI is InChI=1S/C11H20N2O3/c1-8-11(10(12)14,4-6-15-8)13-7-9-3-2-5-16-9/h8-9,13H,2-7H2,1H3,(H2,12,14). The Hall–Kier alpha value is -0.650. The molecular weight excluding hydrogens is 208 g/mol. The predicted molar refractivity (Wildman–Crippen MR) is 58.9 cm³/mol. The van der Waals surface area contributed by atoms with Crippen LogP contribution < -0.4 is 11.1 Å². The minimum absolute atomic E-state index is 0.161. The van der Waals surface area contributed by atoms with Crippen molar-refractivity contribution in [3.8, 4) is 0 Å². The van der Waals surface area contributed by atoms with Crippen LogP contribution in [0.4, 0.5) is 0 Å². The lowest BCUT2D eigenvalue weighted by atomic mass is 9.91. The van der Waals surface area contributed by atoms with Gasteiger partial charge in [-0.3, -0.25) is 10.1 Å². The number of primary amides is 1. The maximum Gasteiger partial charge on any atom is 0.240 e. The van der Waals surface area contributed by atoms with Crippen molar-refractivity contribution in [2.24, 2.45) is 5.73 Å². The van der Waals surface area contributed by atoms with E-state index >= 15 is 0 Å². The first-order valence-electron chi connectivity index (χ1n) is 5.93. The zero-order valence-corrected chi connectivity index (χ0v) is 9.70. The topological polar surface area (TPSA) is 73.6 Å². The molecule has 92 valence electrons. The Kier molecular flexibility index (Phi) is 3.47. The summed E-state index contributed by atoms with van der Waals surface area (Å²) in [6.45, 7) is 3.97. The summed E-state index contributed by atoms with van der Waals surface area (Å²) in [7, 11) is 0. The van der Waals surface area contributed by atoms with Crippen molar-refractivity contribution in [1.82, 2.24) is 5.32 Å². The van der Waals surface area contributed by atoms with E-state index in [9.17, 15) is 4.79 Å². The molecule has 5 nitrogen and oxygen atoms in total. The zero-order chi connectivity index (χ0) is 11.6. The molecule has 2 heterocycles. The van der Waals surface area contributed by atoms with Crippen molar-refractivity contribution in [2.45, 2.75) is 43.9 Å². The molecule has 3 N–H and O–H groups in total. The number of nitrogens with one attached hydrogen (secondary N) is 1. The van der Waals surface area contributed by atoms with Gasteiger partial charge >= 0.3 is 0 Å². The molecule has 3 atom stereocenters. The Labute approximate surface area is 95.7 Å². The number of amides is 1. The van der Waals surface area contributed by atoms with Crippen molar-refractivity contribution >= 4 is 5.91 Å². The minimum Gasteiger partial charge on any atom is -0.377 e. The SMILES string of the molecule is CC1OCCC1(NCC1CCCO1)C(N)=O. The highest BCUT2D eigenvalue weighted by Crippen LogP contribution is 2.26. The third-order valence-corrected chi connectivity index (χ3v) is 3.67. The van der Waals surface area contributed by atoms with Crippen LogP contribution in [0, 0.1) is 0 Å². The molecule has 16 heavy (non-hydrogen) atoms. The van der Waals surface area contributed by atoms with Crippen molar-refractivity contribution in [1.29, 1.82) is 0 Å². The molecule has 0 aromatic rings. The van der Waals surface area contributed by atoms with Gasteiger partial charge in [0.05, 0.1) is 12.2 Å². The van der Waals surface area contributed by atoms with Crippen LogP contribution in [-0.4, -0.2) is 43.4 Å². The zero-order valence-electron chi connectivity index (χ0n) is 9.70. The maximum absolute atomic E-state index is 11.6. The van der Waals surface area contributed by atoms with Crippen molar-refractivity contribution in [3.63, 3.8) is 0 Å². The molecule has 0 saturated carbocycles. The predicted octanol–water partition coefficient (Wildman–Crippen LogP) is -0.212. The number of carbonyl (C=O) groups is 1. The third kappa shape index (κ3) is 2.07. The van der Waals surface area contributed by atoms with E-state index in [0.29, 0.717) is 19.6 Å². The highest BCUT2D eigenvalue weighted by atomic mass is 16.5. The number of hydrogen-bond acceptors (Lipinski definition) is 4. The molecular formula is C11H20N2O3. The average Bonchev–Trinajstić information content (AvgIpc) is 2.85. The summed E-state index contributed by atoms with van der Waals surface area (Å²) in [4.78, 5) is 11.6. The molecule has 5 heteroatoms. The fourth-order valence-corrected chi connectivity index (χ4v) is 2.49. The fraction of sp³-hybridized carbons (Fsp3) is 0.909. The summed E-state index contributed by atoms with van der Waals surface area (Å²) in [5.41, 5.74) is 4.78. The average molecular weight is 228 g/mol. The second-order valence-electron chi connectivity index (χ2n) is 4.61. The highest BCUT2D eigenvalue weighted by Gasteiger charge is 2.46. The summed E-state index contributed by atoms with van der Waals surface area (Å²) < 4.78 is 11.0. The number of carbonyl (C=O) groups excluding carboxylic acids is 1. The van der Waals surface area contributed by atoms with Crippen LogP contribution in [0.2, 0.25) is 0 Å². The Morgan fingerprint density at radius 3 is 2.81 bits per heavy atom. The molecule has 0 aromatic carbocycles. The molecule has 3 unspecified atom stereocenters. The van der Waals surface area contributed by atoms with Crippen LogP contribution in [-0.2, 0) is 14.3 Å². The van der Waals surface area contributed by atoms with E-state index < -0.39 is 5.54 Å². The van der Waals surface area contributed by atoms with E-state index in [1.807, 2.05) is 6.92 Å². The lowest BCUT2D eigenvalue weighted by Gasteiger charge is -2.31. The van der Waals surface area contributed by atoms with E-state index in [1.165, 1.54) is 0 Å². The highest BCUT2D eigenvalue weighted by molar-refractivity contribution is 5.85. The molecule has 2 rings (SSSR count). The first-order chi connectivity index (χ1) is 7.65. The molecule has 0 radical (unpaired) electrons. The summed E-state index contributed by atoms with van der Waals surface area (Å²) in [6, 6.07) is 0. The minimum atomic E-state index is -0.702. The Morgan fingerprint density at radius 2 is 2.31 bits per heavy atom. The van der Waals surface area contributed by atoms with Gasteiger partial charge in [-0.25, -0.2) is 0 Å². The van der Waals surface area contributed by atoms with Gasteiger partial charge < -0.3 is 15.2 Å². The van der Waals surface area contributed by atoms with Gasteiger partial charge in [0.15, 0.2) is 0 Å². The fourth-order valence-electron chi connectivity index (χ4n) is 2.49. The number of hydrogen-bond donors (Lipinski definition) is 2. The van der Waals surface area contributed by atoms with Crippen LogP contribution in [0.5, 0.6) is 0 Å². The van der Waals surface area contributed by atoms with Gasteiger partial charge in [-0.1, -0.05) is 0 Å². The van der Waals surface area contributed by atoms with Crippen molar-refractivity contribution in [2.75, 3.05) is 19.8 Å². The smallest absolute Gasteiger partial charge is 0.240 e. The summed E-state index contributed by atoms with van der Waals surface area (Å²) in [6.07, 6.45) is 2.85. The molecule has 2 aliphatic heterocycles. The molecule has 2 aliphatic rings. The molecule has 2 saturated heterocycles. The second-order valence-corrected chi connectivity index (χ2v) is 4.61. The van der Waals surface area contributed by atoms with Crippen molar-refractivity contribution < 1.29 is 14.3 Å². The second kappa shape index (κ2) is 4.69. The lowest BCUT2D eigenvalue weighted by Crippen LogP contribution is -2.61. The third-order valence-electron chi connectivity index (χ3n) is 3.67. The lowest BCUT2D eigenvalue weighted by molar-refractivity contribution is -0.126. The van der Waals surface area contributed by atoms with Gasteiger partial charge in [-0.15, -0.1) is 0 Å². The Balaban J connectivity index is 1.94. The van der Waals surface area contributed by atoms with Gasteiger partial charge in [0.2, 0.25) is 5.91 Å². The number of rotatable bonds is 4. The van der Waals surface area contributed by atoms with Crippen molar-refractivity contribution in [3.05, 3.63) is 0 Å². The Morgan fingerprint density at radius 1 is 1.50 bits per heavy atom. The summed E-state index contributed by atoms with van der Waals surface area (Å²) in [5.74, 6) is -0.324. The first kappa shape index (κ1) is 11.8. The van der Waals surface area contributed by atoms with Crippen LogP contribution >= 0.6 is 0 Å². The van der Waals surface area contributed by atoms with E-state index in [-0.39, 0.29) is 18.1 Å². The van der Waals surface area contributed by atoms with Gasteiger partial charge in [-0.05, 0) is 19.8 Å². The van der Waals surface area contributed by atoms with Gasteiger partial charge in [-0.2, -0.15) is 0 Å². The monoisotopic (exact) mass is 228 g/mol. The van der Waals surface area contributed by atoms with Gasteiger partial charge in [0, 0.05) is 26.2 Å².